The quantitative estimate of drug-likeness (QED) is 0.637. The summed E-state index contributed by atoms with van der Waals surface area (Å²) in [6.45, 7) is 3.90. The zero-order valence-electron chi connectivity index (χ0n) is 14.9. The van der Waals surface area contributed by atoms with Crippen LogP contribution in [0.15, 0.2) is 48.5 Å². The number of anilines is 1. The van der Waals surface area contributed by atoms with Gasteiger partial charge in [0.15, 0.2) is 0 Å². The normalized spacial score (nSPS) is 11.9. The maximum atomic E-state index is 12.6. The van der Waals surface area contributed by atoms with E-state index in [1.165, 1.54) is 0 Å². The molecule has 134 valence electrons. The summed E-state index contributed by atoms with van der Waals surface area (Å²) < 4.78 is 0. The summed E-state index contributed by atoms with van der Waals surface area (Å²) in [6, 6.07) is 14.2. The number of rotatable bonds is 6. The van der Waals surface area contributed by atoms with Crippen LogP contribution >= 0.6 is 0 Å². The van der Waals surface area contributed by atoms with Crippen molar-refractivity contribution in [2.24, 2.45) is 0 Å². The number of fused-ring (bicyclic) bond motifs is 1. The molecule has 0 spiro atoms. The van der Waals surface area contributed by atoms with Crippen LogP contribution in [0.5, 0.6) is 0 Å². The molecule has 2 amide bonds. The van der Waals surface area contributed by atoms with Crippen LogP contribution < -0.4 is 10.6 Å². The SMILES string of the molecule is CCC[C@H](NC(=O)c1cccc(C)c1)C(=O)Nc1nc2ccccc2[nH]1. The number of imidazole rings is 1. The number of aromatic nitrogens is 2. The molecule has 1 atom stereocenters. The molecule has 1 heterocycles. The molecule has 0 fully saturated rings. The molecule has 0 saturated carbocycles. The van der Waals surface area contributed by atoms with Gasteiger partial charge < -0.3 is 10.3 Å². The van der Waals surface area contributed by atoms with Gasteiger partial charge in [-0.3, -0.25) is 14.9 Å². The van der Waals surface area contributed by atoms with Crippen molar-refractivity contribution >= 4 is 28.8 Å². The number of aromatic amines is 1. The molecule has 26 heavy (non-hydrogen) atoms. The number of aryl methyl sites for hydroxylation is 1. The van der Waals surface area contributed by atoms with Gasteiger partial charge in [-0.2, -0.15) is 0 Å². The Kier molecular flexibility index (Phi) is 5.31. The number of para-hydroxylation sites is 2. The molecule has 0 bridgehead atoms. The molecule has 0 unspecified atom stereocenters. The van der Waals surface area contributed by atoms with Crippen molar-refractivity contribution < 1.29 is 9.59 Å². The molecule has 0 radical (unpaired) electrons. The van der Waals surface area contributed by atoms with Gasteiger partial charge in [-0.15, -0.1) is 0 Å². The first-order valence-corrected chi connectivity index (χ1v) is 8.70. The number of nitrogens with one attached hydrogen (secondary N) is 3. The summed E-state index contributed by atoms with van der Waals surface area (Å²) in [4.78, 5) is 32.5. The largest absolute Gasteiger partial charge is 0.340 e. The van der Waals surface area contributed by atoms with Gasteiger partial charge in [0.2, 0.25) is 11.9 Å². The molecular formula is C20H22N4O2. The predicted octanol–water partition coefficient (Wildman–Crippen LogP) is 3.41. The Labute approximate surface area is 152 Å². The Morgan fingerprint density at radius 1 is 1.15 bits per heavy atom. The predicted molar refractivity (Wildman–Crippen MR) is 102 cm³/mol. The van der Waals surface area contributed by atoms with Crippen molar-refractivity contribution in [2.45, 2.75) is 32.7 Å². The number of nitrogens with zero attached hydrogens (tertiary/aromatic N) is 1. The van der Waals surface area contributed by atoms with Gasteiger partial charge in [-0.05, 0) is 37.6 Å². The summed E-state index contributed by atoms with van der Waals surface area (Å²) in [5.41, 5.74) is 3.16. The van der Waals surface area contributed by atoms with Crippen LogP contribution in [0, 0.1) is 6.92 Å². The fourth-order valence-electron chi connectivity index (χ4n) is 2.80. The van der Waals surface area contributed by atoms with E-state index in [1.807, 2.05) is 50.2 Å². The smallest absolute Gasteiger partial charge is 0.251 e. The number of hydrogen-bond donors (Lipinski definition) is 3. The first-order chi connectivity index (χ1) is 12.6. The Hall–Kier alpha value is -3.15. The Bertz CT molecular complexity index is 899. The van der Waals surface area contributed by atoms with E-state index in [1.54, 1.807) is 12.1 Å². The molecule has 6 nitrogen and oxygen atoms in total. The van der Waals surface area contributed by atoms with Crippen LogP contribution in [0.4, 0.5) is 5.95 Å². The summed E-state index contributed by atoms with van der Waals surface area (Å²) in [5.74, 6) is -0.166. The third kappa shape index (κ3) is 4.08. The second kappa shape index (κ2) is 7.82. The van der Waals surface area contributed by atoms with E-state index in [9.17, 15) is 9.59 Å². The lowest BCUT2D eigenvalue weighted by atomic mass is 10.1. The van der Waals surface area contributed by atoms with E-state index in [-0.39, 0.29) is 11.8 Å². The third-order valence-corrected chi connectivity index (χ3v) is 4.11. The first kappa shape index (κ1) is 17.7. The molecule has 0 saturated heterocycles. The van der Waals surface area contributed by atoms with Gasteiger partial charge >= 0.3 is 0 Å². The molecule has 3 aromatic rings. The van der Waals surface area contributed by atoms with Crippen molar-refractivity contribution in [3.63, 3.8) is 0 Å². The monoisotopic (exact) mass is 350 g/mol. The molecule has 0 aliphatic heterocycles. The molecule has 1 aromatic heterocycles. The van der Waals surface area contributed by atoms with Crippen molar-refractivity contribution in [3.05, 3.63) is 59.7 Å². The van der Waals surface area contributed by atoms with Crippen LogP contribution in [0.1, 0.15) is 35.7 Å². The molecule has 6 heteroatoms. The second-order valence-corrected chi connectivity index (χ2v) is 6.28. The van der Waals surface area contributed by atoms with E-state index >= 15 is 0 Å². The lowest BCUT2D eigenvalue weighted by Crippen LogP contribution is -2.43. The summed E-state index contributed by atoms with van der Waals surface area (Å²) in [6.07, 6.45) is 1.32. The number of carbonyl (C=O) groups excluding carboxylic acids is 2. The average Bonchev–Trinajstić information content (AvgIpc) is 3.03. The highest BCUT2D eigenvalue weighted by Gasteiger charge is 2.21. The van der Waals surface area contributed by atoms with Crippen molar-refractivity contribution in [2.75, 3.05) is 5.32 Å². The standard InChI is InChI=1S/C20H22N4O2/c1-3-7-17(21-18(25)14-9-6-8-13(2)12-14)19(26)24-20-22-15-10-4-5-11-16(15)23-20/h4-6,8-12,17H,3,7H2,1-2H3,(H,21,25)(H2,22,23,24,26)/t17-/m0/s1. The van der Waals surface area contributed by atoms with Gasteiger partial charge in [-0.25, -0.2) is 4.98 Å². The van der Waals surface area contributed by atoms with E-state index in [2.05, 4.69) is 20.6 Å². The van der Waals surface area contributed by atoms with Crippen LogP contribution in [0.25, 0.3) is 11.0 Å². The zero-order valence-corrected chi connectivity index (χ0v) is 14.9. The van der Waals surface area contributed by atoms with Crippen LogP contribution in [0.2, 0.25) is 0 Å². The van der Waals surface area contributed by atoms with Crippen molar-refractivity contribution in [1.29, 1.82) is 0 Å². The highest BCUT2D eigenvalue weighted by atomic mass is 16.2. The lowest BCUT2D eigenvalue weighted by molar-refractivity contribution is -0.118. The van der Waals surface area contributed by atoms with Crippen LogP contribution in [-0.4, -0.2) is 27.8 Å². The summed E-state index contributed by atoms with van der Waals surface area (Å²) in [7, 11) is 0. The van der Waals surface area contributed by atoms with Gasteiger partial charge in [0.1, 0.15) is 6.04 Å². The Morgan fingerprint density at radius 3 is 2.69 bits per heavy atom. The number of benzene rings is 2. The van der Waals surface area contributed by atoms with E-state index in [0.717, 1.165) is 23.0 Å². The van der Waals surface area contributed by atoms with Gasteiger partial charge in [0.25, 0.3) is 5.91 Å². The number of amides is 2. The van der Waals surface area contributed by atoms with Crippen LogP contribution in [-0.2, 0) is 4.79 Å². The molecule has 0 aliphatic rings. The molecular weight excluding hydrogens is 328 g/mol. The first-order valence-electron chi connectivity index (χ1n) is 8.70. The minimum Gasteiger partial charge on any atom is -0.340 e. The molecule has 0 aliphatic carbocycles. The molecule has 2 aromatic carbocycles. The second-order valence-electron chi connectivity index (χ2n) is 6.28. The van der Waals surface area contributed by atoms with E-state index in [4.69, 9.17) is 0 Å². The van der Waals surface area contributed by atoms with Crippen molar-refractivity contribution in [1.82, 2.24) is 15.3 Å². The third-order valence-electron chi connectivity index (χ3n) is 4.11. The van der Waals surface area contributed by atoms with Gasteiger partial charge in [0.05, 0.1) is 11.0 Å². The average molecular weight is 350 g/mol. The summed E-state index contributed by atoms with van der Waals surface area (Å²) >= 11 is 0. The molecule has 3 N–H and O–H groups in total. The van der Waals surface area contributed by atoms with E-state index in [0.29, 0.717) is 17.9 Å². The van der Waals surface area contributed by atoms with E-state index < -0.39 is 6.04 Å². The summed E-state index contributed by atoms with van der Waals surface area (Å²) in [5, 5.41) is 5.59. The lowest BCUT2D eigenvalue weighted by Gasteiger charge is -2.17. The highest BCUT2D eigenvalue weighted by molar-refractivity contribution is 6.01. The zero-order chi connectivity index (χ0) is 18.5. The fourth-order valence-corrected chi connectivity index (χ4v) is 2.80. The van der Waals surface area contributed by atoms with Gasteiger partial charge in [0, 0.05) is 5.56 Å². The number of carbonyl (C=O) groups is 2. The van der Waals surface area contributed by atoms with Crippen LogP contribution in [0.3, 0.4) is 0 Å². The van der Waals surface area contributed by atoms with Crippen molar-refractivity contribution in [3.8, 4) is 0 Å². The topological polar surface area (TPSA) is 86.9 Å². The maximum Gasteiger partial charge on any atom is 0.251 e. The minimum atomic E-state index is -0.624. The highest BCUT2D eigenvalue weighted by Crippen LogP contribution is 2.14. The minimum absolute atomic E-state index is 0.257. The molecule has 3 rings (SSSR count). The maximum absolute atomic E-state index is 12.6. The van der Waals surface area contributed by atoms with Gasteiger partial charge in [-0.1, -0.05) is 43.2 Å². The Balaban J connectivity index is 1.71. The fraction of sp³-hybridized carbons (Fsp3) is 0.250. The number of H-pyrrole nitrogens is 1. The Morgan fingerprint density at radius 2 is 1.96 bits per heavy atom. The number of hydrogen-bond acceptors (Lipinski definition) is 3.